The molecule has 0 saturated carbocycles. The normalized spacial score (nSPS) is 12.0. The standard InChI is InChI=1S/C13H16F3NO/c1-2-3-4-8-18-17-10-11-6-5-7-12(9-11)13(14,15)16/h5-7,9-10H,2-4,8H2,1H3. The molecular formula is C13H16F3NO. The second kappa shape index (κ2) is 7.03. The highest BCUT2D eigenvalue weighted by Crippen LogP contribution is 2.29. The first-order valence-corrected chi connectivity index (χ1v) is 5.86. The molecule has 0 N–H and O–H groups in total. The van der Waals surface area contributed by atoms with E-state index in [1.807, 2.05) is 0 Å². The molecule has 0 aliphatic heterocycles. The lowest BCUT2D eigenvalue weighted by Crippen LogP contribution is -2.05. The number of rotatable bonds is 6. The van der Waals surface area contributed by atoms with Gasteiger partial charge in [-0.1, -0.05) is 37.1 Å². The molecule has 0 aliphatic carbocycles. The first-order chi connectivity index (χ1) is 8.54. The molecule has 0 heterocycles. The number of alkyl halides is 3. The number of halogens is 3. The maximum Gasteiger partial charge on any atom is 0.416 e. The van der Waals surface area contributed by atoms with Crippen LogP contribution in [0.5, 0.6) is 0 Å². The molecule has 0 fully saturated rings. The van der Waals surface area contributed by atoms with E-state index >= 15 is 0 Å². The van der Waals surface area contributed by atoms with E-state index < -0.39 is 11.7 Å². The molecule has 1 rings (SSSR count). The van der Waals surface area contributed by atoms with Gasteiger partial charge in [0.15, 0.2) is 0 Å². The quantitative estimate of drug-likeness (QED) is 0.425. The van der Waals surface area contributed by atoms with Gasteiger partial charge in [0.05, 0.1) is 11.8 Å². The molecule has 100 valence electrons. The summed E-state index contributed by atoms with van der Waals surface area (Å²) < 4.78 is 37.3. The van der Waals surface area contributed by atoms with Gasteiger partial charge >= 0.3 is 6.18 Å². The average Bonchev–Trinajstić information content (AvgIpc) is 2.33. The van der Waals surface area contributed by atoms with Gasteiger partial charge < -0.3 is 4.84 Å². The van der Waals surface area contributed by atoms with Gasteiger partial charge in [-0.15, -0.1) is 0 Å². The molecule has 18 heavy (non-hydrogen) atoms. The molecule has 0 aliphatic rings. The Morgan fingerprint density at radius 1 is 1.28 bits per heavy atom. The van der Waals surface area contributed by atoms with Crippen LogP contribution in [0.15, 0.2) is 29.4 Å². The SMILES string of the molecule is CCCCCON=Cc1cccc(C(F)(F)F)c1. The zero-order chi connectivity index (χ0) is 13.4. The van der Waals surface area contributed by atoms with Gasteiger partial charge in [-0.2, -0.15) is 13.2 Å². The van der Waals surface area contributed by atoms with Crippen LogP contribution in [0, 0.1) is 0 Å². The maximum atomic E-state index is 12.4. The summed E-state index contributed by atoms with van der Waals surface area (Å²) in [4.78, 5) is 4.95. The van der Waals surface area contributed by atoms with Crippen molar-refractivity contribution in [3.63, 3.8) is 0 Å². The van der Waals surface area contributed by atoms with Crippen LogP contribution in [-0.2, 0) is 11.0 Å². The third kappa shape index (κ3) is 5.21. The number of oxime groups is 1. The highest BCUT2D eigenvalue weighted by molar-refractivity contribution is 5.79. The van der Waals surface area contributed by atoms with Crippen LogP contribution >= 0.6 is 0 Å². The first kappa shape index (κ1) is 14.5. The fourth-order valence-electron chi connectivity index (χ4n) is 1.36. The molecule has 2 nitrogen and oxygen atoms in total. The summed E-state index contributed by atoms with van der Waals surface area (Å²) in [6.07, 6.45) is 0.00320. The maximum absolute atomic E-state index is 12.4. The zero-order valence-corrected chi connectivity index (χ0v) is 10.2. The molecule has 0 aromatic heterocycles. The number of nitrogens with zero attached hydrogens (tertiary/aromatic N) is 1. The summed E-state index contributed by atoms with van der Waals surface area (Å²) in [5.74, 6) is 0. The van der Waals surface area contributed by atoms with E-state index in [1.165, 1.54) is 12.3 Å². The van der Waals surface area contributed by atoms with E-state index in [0.29, 0.717) is 12.2 Å². The predicted octanol–water partition coefficient (Wildman–Crippen LogP) is 4.25. The summed E-state index contributed by atoms with van der Waals surface area (Å²) in [6, 6.07) is 4.97. The van der Waals surface area contributed by atoms with Crippen molar-refractivity contribution in [3.8, 4) is 0 Å². The van der Waals surface area contributed by atoms with Gasteiger partial charge in [-0.25, -0.2) is 0 Å². The minimum Gasteiger partial charge on any atom is -0.396 e. The second-order valence-electron chi connectivity index (χ2n) is 3.90. The fraction of sp³-hybridized carbons (Fsp3) is 0.462. The van der Waals surface area contributed by atoms with Gasteiger partial charge in [-0.05, 0) is 24.1 Å². The van der Waals surface area contributed by atoms with Crippen LogP contribution in [0.1, 0.15) is 37.3 Å². The van der Waals surface area contributed by atoms with Gasteiger partial charge in [0.2, 0.25) is 0 Å². The van der Waals surface area contributed by atoms with E-state index in [1.54, 1.807) is 6.07 Å². The van der Waals surface area contributed by atoms with Crippen molar-refractivity contribution in [3.05, 3.63) is 35.4 Å². The lowest BCUT2D eigenvalue weighted by atomic mass is 10.1. The Kier molecular flexibility index (Phi) is 5.68. The van der Waals surface area contributed by atoms with Crippen molar-refractivity contribution in [1.29, 1.82) is 0 Å². The van der Waals surface area contributed by atoms with Crippen LogP contribution in [-0.4, -0.2) is 12.8 Å². The molecule has 0 atom stereocenters. The molecule has 0 saturated heterocycles. The summed E-state index contributed by atoms with van der Waals surface area (Å²) >= 11 is 0. The Hall–Kier alpha value is -1.52. The number of benzene rings is 1. The molecule has 1 aromatic carbocycles. The van der Waals surface area contributed by atoms with Crippen LogP contribution in [0.2, 0.25) is 0 Å². The number of hydrogen-bond donors (Lipinski definition) is 0. The number of hydrogen-bond acceptors (Lipinski definition) is 2. The van der Waals surface area contributed by atoms with Crippen molar-refractivity contribution >= 4 is 6.21 Å². The highest BCUT2D eigenvalue weighted by Gasteiger charge is 2.30. The van der Waals surface area contributed by atoms with Crippen LogP contribution in [0.4, 0.5) is 13.2 Å². The Bertz CT molecular complexity index is 388. The molecule has 0 amide bonds. The van der Waals surface area contributed by atoms with Crippen molar-refractivity contribution in [1.82, 2.24) is 0 Å². The van der Waals surface area contributed by atoms with E-state index in [9.17, 15) is 13.2 Å². The van der Waals surface area contributed by atoms with Crippen molar-refractivity contribution < 1.29 is 18.0 Å². The second-order valence-corrected chi connectivity index (χ2v) is 3.90. The average molecular weight is 259 g/mol. The fourth-order valence-corrected chi connectivity index (χ4v) is 1.36. The summed E-state index contributed by atoms with van der Waals surface area (Å²) in [5, 5.41) is 3.64. The van der Waals surface area contributed by atoms with E-state index in [4.69, 9.17) is 4.84 Å². The summed E-state index contributed by atoms with van der Waals surface area (Å²) in [5.41, 5.74) is -0.308. The van der Waals surface area contributed by atoms with E-state index in [0.717, 1.165) is 31.4 Å². The van der Waals surface area contributed by atoms with Crippen molar-refractivity contribution in [2.75, 3.05) is 6.61 Å². The highest BCUT2D eigenvalue weighted by atomic mass is 19.4. The van der Waals surface area contributed by atoms with Gasteiger partial charge in [0.25, 0.3) is 0 Å². The lowest BCUT2D eigenvalue weighted by Gasteiger charge is -2.06. The molecule has 0 unspecified atom stereocenters. The number of unbranched alkanes of at least 4 members (excludes halogenated alkanes) is 2. The molecule has 0 radical (unpaired) electrons. The van der Waals surface area contributed by atoms with Gasteiger partial charge in [0.1, 0.15) is 6.61 Å². The smallest absolute Gasteiger partial charge is 0.396 e. The van der Waals surface area contributed by atoms with Crippen LogP contribution < -0.4 is 0 Å². The zero-order valence-electron chi connectivity index (χ0n) is 10.2. The third-order valence-corrected chi connectivity index (χ3v) is 2.33. The third-order valence-electron chi connectivity index (χ3n) is 2.33. The van der Waals surface area contributed by atoms with Crippen molar-refractivity contribution in [2.24, 2.45) is 5.16 Å². The minimum absolute atomic E-state index is 0.375. The van der Waals surface area contributed by atoms with Crippen LogP contribution in [0.25, 0.3) is 0 Å². The largest absolute Gasteiger partial charge is 0.416 e. The molecular weight excluding hydrogens is 243 g/mol. The Morgan fingerprint density at radius 3 is 2.72 bits per heavy atom. The summed E-state index contributed by atoms with van der Waals surface area (Å²) in [7, 11) is 0. The summed E-state index contributed by atoms with van der Waals surface area (Å²) in [6.45, 7) is 2.56. The van der Waals surface area contributed by atoms with Crippen molar-refractivity contribution in [2.45, 2.75) is 32.4 Å². The minimum atomic E-state index is -4.33. The van der Waals surface area contributed by atoms with Gasteiger partial charge in [-0.3, -0.25) is 0 Å². The van der Waals surface area contributed by atoms with Gasteiger partial charge in [0, 0.05) is 0 Å². The first-order valence-electron chi connectivity index (χ1n) is 5.86. The Labute approximate surface area is 104 Å². The monoisotopic (exact) mass is 259 g/mol. The predicted molar refractivity (Wildman–Crippen MR) is 64.5 cm³/mol. The van der Waals surface area contributed by atoms with E-state index in [2.05, 4.69) is 12.1 Å². The topological polar surface area (TPSA) is 21.6 Å². The lowest BCUT2D eigenvalue weighted by molar-refractivity contribution is -0.137. The van der Waals surface area contributed by atoms with E-state index in [-0.39, 0.29) is 0 Å². The van der Waals surface area contributed by atoms with Crippen LogP contribution in [0.3, 0.4) is 0 Å². The molecule has 0 spiro atoms. The Morgan fingerprint density at radius 2 is 2.06 bits per heavy atom. The molecule has 5 heteroatoms. The molecule has 1 aromatic rings. The Balaban J connectivity index is 2.49. The molecule has 0 bridgehead atoms.